The molecule has 1 heterocycles. The summed E-state index contributed by atoms with van der Waals surface area (Å²) in [5, 5.41) is 18.7. The molecule has 0 bridgehead atoms. The van der Waals surface area contributed by atoms with Crippen molar-refractivity contribution in [1.29, 1.82) is 0 Å². The first-order valence-electron chi connectivity index (χ1n) is 6.29. The molecule has 0 aliphatic carbocycles. The molecule has 1 atom stereocenters. The van der Waals surface area contributed by atoms with Gasteiger partial charge in [-0.25, -0.2) is 9.52 Å². The fourth-order valence-corrected chi connectivity index (χ4v) is 2.69. The Hall–Kier alpha value is -3.06. The van der Waals surface area contributed by atoms with E-state index in [0.717, 1.165) is 12.1 Å². The highest BCUT2D eigenvalue weighted by Crippen LogP contribution is 2.31. The maximum Gasteiger partial charge on any atom is 0.339 e. The molecule has 13 heteroatoms. The number of nitrogens with zero attached hydrogens (tertiary/aromatic N) is 1. The molecule has 0 aromatic heterocycles. The van der Waals surface area contributed by atoms with Crippen molar-refractivity contribution in [2.75, 3.05) is 11.3 Å². The van der Waals surface area contributed by atoms with Gasteiger partial charge in [-0.2, -0.15) is 8.42 Å². The second-order valence-electron chi connectivity index (χ2n) is 4.82. The number of likely N-dealkylation sites (tertiary alicyclic amines) is 1. The minimum atomic E-state index is -4.57. The van der Waals surface area contributed by atoms with E-state index in [0.29, 0.717) is 4.90 Å². The number of carbonyl (C=O) groups is 3. The number of imide groups is 1. The third kappa shape index (κ3) is 3.31. The highest BCUT2D eigenvalue weighted by Gasteiger charge is 2.39. The van der Waals surface area contributed by atoms with E-state index in [4.69, 9.17) is 11.5 Å². The zero-order valence-corrected chi connectivity index (χ0v) is 12.7. The SMILES string of the molecule is NC(=O)c1cc(O)c(O)cc1NS(=O)(=O)NC(=O)N1CC(N)C1=O. The molecule has 1 aliphatic heterocycles. The number of primary amides is 1. The average Bonchev–Trinajstić information content (AvgIpc) is 2.46. The van der Waals surface area contributed by atoms with Gasteiger partial charge in [0.05, 0.1) is 17.8 Å². The van der Waals surface area contributed by atoms with Crippen molar-refractivity contribution >= 4 is 33.7 Å². The largest absolute Gasteiger partial charge is 0.504 e. The molecule has 1 saturated heterocycles. The Labute approximate surface area is 135 Å². The Morgan fingerprint density at radius 3 is 2.33 bits per heavy atom. The number of nitrogens with two attached hydrogens (primary N) is 2. The van der Waals surface area contributed by atoms with E-state index >= 15 is 0 Å². The van der Waals surface area contributed by atoms with Crippen molar-refractivity contribution in [3.8, 4) is 11.5 Å². The Balaban J connectivity index is 2.20. The Morgan fingerprint density at radius 2 is 1.83 bits per heavy atom. The van der Waals surface area contributed by atoms with E-state index in [2.05, 4.69) is 0 Å². The monoisotopic (exact) mass is 359 g/mol. The van der Waals surface area contributed by atoms with Crippen LogP contribution in [0.1, 0.15) is 10.4 Å². The molecule has 1 aromatic carbocycles. The number of urea groups is 1. The van der Waals surface area contributed by atoms with Crippen LogP contribution in [-0.2, 0) is 15.0 Å². The maximum atomic E-state index is 11.9. The molecule has 0 saturated carbocycles. The van der Waals surface area contributed by atoms with Gasteiger partial charge in [0.15, 0.2) is 11.5 Å². The lowest BCUT2D eigenvalue weighted by Crippen LogP contribution is -2.65. The first-order valence-corrected chi connectivity index (χ1v) is 7.77. The number of aromatic hydroxyl groups is 2. The van der Waals surface area contributed by atoms with Crippen molar-refractivity contribution < 1.29 is 33.0 Å². The van der Waals surface area contributed by atoms with Gasteiger partial charge in [-0.15, -0.1) is 0 Å². The lowest BCUT2D eigenvalue weighted by Gasteiger charge is -2.33. The van der Waals surface area contributed by atoms with E-state index in [1.54, 1.807) is 4.72 Å². The molecule has 130 valence electrons. The van der Waals surface area contributed by atoms with Crippen molar-refractivity contribution in [2.24, 2.45) is 11.5 Å². The summed E-state index contributed by atoms with van der Waals surface area (Å²) >= 11 is 0. The van der Waals surface area contributed by atoms with Crippen molar-refractivity contribution in [2.45, 2.75) is 6.04 Å². The Kier molecular flexibility index (Phi) is 4.22. The molecule has 1 aromatic rings. The predicted octanol–water partition coefficient (Wildman–Crippen LogP) is -2.27. The fraction of sp³-hybridized carbons (Fsp3) is 0.182. The first kappa shape index (κ1) is 17.3. The summed E-state index contributed by atoms with van der Waals surface area (Å²) in [6, 6.07) is -0.640. The molecule has 0 spiro atoms. The molecule has 4 amide bonds. The second kappa shape index (κ2) is 5.86. The molecule has 1 aliphatic rings. The lowest BCUT2D eigenvalue weighted by atomic mass is 10.1. The van der Waals surface area contributed by atoms with E-state index in [9.17, 15) is 33.0 Å². The van der Waals surface area contributed by atoms with E-state index < -0.39 is 56.8 Å². The van der Waals surface area contributed by atoms with E-state index in [1.807, 2.05) is 0 Å². The minimum Gasteiger partial charge on any atom is -0.504 e. The van der Waals surface area contributed by atoms with Gasteiger partial charge in [0, 0.05) is 6.07 Å². The Bertz CT molecular complexity index is 837. The van der Waals surface area contributed by atoms with Gasteiger partial charge in [0.25, 0.3) is 5.91 Å². The van der Waals surface area contributed by atoms with Crippen LogP contribution in [0, 0.1) is 0 Å². The number of phenolic OH excluding ortho intramolecular Hbond substituents is 2. The third-order valence-electron chi connectivity index (χ3n) is 3.05. The number of hydrogen-bond acceptors (Lipinski definition) is 8. The molecule has 24 heavy (non-hydrogen) atoms. The van der Waals surface area contributed by atoms with Crippen LogP contribution in [0.25, 0.3) is 0 Å². The van der Waals surface area contributed by atoms with Crippen LogP contribution < -0.4 is 20.9 Å². The number of benzene rings is 1. The molecule has 12 nitrogen and oxygen atoms in total. The molecule has 2 rings (SSSR count). The summed E-state index contributed by atoms with van der Waals surface area (Å²) in [6.45, 7) is -0.146. The number of amides is 4. The first-order chi connectivity index (χ1) is 11.0. The number of hydrogen-bond donors (Lipinski definition) is 6. The smallest absolute Gasteiger partial charge is 0.339 e. The third-order valence-corrected chi connectivity index (χ3v) is 3.99. The van der Waals surface area contributed by atoms with Crippen LogP contribution in [0.4, 0.5) is 10.5 Å². The minimum absolute atomic E-state index is 0.146. The predicted molar refractivity (Wildman–Crippen MR) is 79.1 cm³/mol. The number of carbonyl (C=O) groups excluding carboxylic acids is 3. The zero-order valence-electron chi connectivity index (χ0n) is 11.9. The quantitative estimate of drug-likeness (QED) is 0.196. The second-order valence-corrected chi connectivity index (χ2v) is 6.23. The number of rotatable bonds is 4. The van der Waals surface area contributed by atoms with Crippen LogP contribution in [-0.4, -0.2) is 54.0 Å². The zero-order chi connectivity index (χ0) is 18.2. The summed E-state index contributed by atoms with van der Waals surface area (Å²) < 4.78 is 27.1. The van der Waals surface area contributed by atoms with E-state index in [1.165, 1.54) is 4.72 Å². The number of anilines is 1. The van der Waals surface area contributed by atoms with Crippen LogP contribution in [0.15, 0.2) is 12.1 Å². The van der Waals surface area contributed by atoms with Crippen molar-refractivity contribution in [3.05, 3.63) is 17.7 Å². The van der Waals surface area contributed by atoms with Crippen LogP contribution in [0.2, 0.25) is 0 Å². The summed E-state index contributed by atoms with van der Waals surface area (Å²) in [4.78, 5) is 34.8. The Morgan fingerprint density at radius 1 is 1.25 bits per heavy atom. The van der Waals surface area contributed by atoms with Crippen LogP contribution in [0.3, 0.4) is 0 Å². The molecule has 1 fully saturated rings. The standard InChI is InChI=1S/C11H13N5O7S/c12-5-3-16(10(5)20)11(21)15-24(22,23)14-6-2-8(18)7(17)1-4(6)9(13)19/h1-2,5,14,17-18H,3,12H2,(H2,13,19)(H,15,21). The number of nitrogens with one attached hydrogen (secondary N) is 2. The topological polar surface area (TPSA) is 205 Å². The summed E-state index contributed by atoms with van der Waals surface area (Å²) in [6.07, 6.45) is 0. The number of phenols is 2. The van der Waals surface area contributed by atoms with E-state index in [-0.39, 0.29) is 6.54 Å². The normalized spacial score (nSPS) is 17.1. The van der Waals surface area contributed by atoms with Gasteiger partial charge < -0.3 is 21.7 Å². The van der Waals surface area contributed by atoms with Crippen LogP contribution in [0.5, 0.6) is 11.5 Å². The molecular formula is C11H13N5O7S. The highest BCUT2D eigenvalue weighted by atomic mass is 32.2. The fourth-order valence-electron chi connectivity index (χ4n) is 1.84. The van der Waals surface area contributed by atoms with Crippen LogP contribution >= 0.6 is 0 Å². The summed E-state index contributed by atoms with van der Waals surface area (Å²) in [5.74, 6) is -3.27. The highest BCUT2D eigenvalue weighted by molar-refractivity contribution is 7.91. The van der Waals surface area contributed by atoms with Gasteiger partial charge in [-0.1, -0.05) is 0 Å². The van der Waals surface area contributed by atoms with Crippen molar-refractivity contribution in [1.82, 2.24) is 9.62 Å². The lowest BCUT2D eigenvalue weighted by molar-refractivity contribution is -0.137. The van der Waals surface area contributed by atoms with Gasteiger partial charge in [-0.05, 0) is 6.07 Å². The van der Waals surface area contributed by atoms with Gasteiger partial charge >= 0.3 is 16.2 Å². The van der Waals surface area contributed by atoms with Gasteiger partial charge in [0.1, 0.15) is 6.04 Å². The van der Waals surface area contributed by atoms with Gasteiger partial charge in [-0.3, -0.25) is 19.2 Å². The maximum absolute atomic E-state index is 11.9. The molecule has 8 N–H and O–H groups in total. The summed E-state index contributed by atoms with van der Waals surface area (Å²) in [7, 11) is -4.57. The molecule has 1 unspecified atom stereocenters. The number of β-lactam (4-membered cyclic amide) rings is 1. The average molecular weight is 359 g/mol. The van der Waals surface area contributed by atoms with Crippen molar-refractivity contribution in [3.63, 3.8) is 0 Å². The molecular weight excluding hydrogens is 346 g/mol. The van der Waals surface area contributed by atoms with Gasteiger partial charge in [0.2, 0.25) is 5.91 Å². The summed E-state index contributed by atoms with van der Waals surface area (Å²) in [5.41, 5.74) is 9.39. The molecule has 0 radical (unpaired) electrons.